The standard InChI is InChI=1S/C15H23NO4/c1-3-12-5-4-6-14(9-12)20-11-15(18)16-13(7-8-17)10-19-2/h4-6,9,13,17H,3,7-8,10-11H2,1-2H3,(H,16,18). The van der Waals surface area contributed by atoms with Crippen molar-refractivity contribution >= 4 is 5.91 Å². The molecule has 1 amide bonds. The molecule has 0 fully saturated rings. The van der Waals surface area contributed by atoms with Gasteiger partial charge in [-0.2, -0.15) is 0 Å². The van der Waals surface area contributed by atoms with Crippen molar-refractivity contribution in [3.8, 4) is 5.75 Å². The van der Waals surface area contributed by atoms with Gasteiger partial charge in [0.1, 0.15) is 5.75 Å². The van der Waals surface area contributed by atoms with Crippen molar-refractivity contribution in [3.05, 3.63) is 29.8 Å². The Balaban J connectivity index is 2.41. The molecule has 0 aliphatic rings. The molecule has 1 rings (SSSR count). The molecule has 0 bridgehead atoms. The summed E-state index contributed by atoms with van der Waals surface area (Å²) in [5.74, 6) is 0.465. The Kier molecular flexibility index (Phi) is 7.69. The summed E-state index contributed by atoms with van der Waals surface area (Å²) >= 11 is 0. The molecular formula is C15H23NO4. The maximum Gasteiger partial charge on any atom is 0.258 e. The van der Waals surface area contributed by atoms with Gasteiger partial charge in [0, 0.05) is 13.7 Å². The van der Waals surface area contributed by atoms with E-state index in [4.69, 9.17) is 14.6 Å². The minimum Gasteiger partial charge on any atom is -0.484 e. The van der Waals surface area contributed by atoms with E-state index in [0.717, 1.165) is 6.42 Å². The molecule has 0 aliphatic heterocycles. The van der Waals surface area contributed by atoms with Gasteiger partial charge in [0.25, 0.3) is 5.91 Å². The van der Waals surface area contributed by atoms with E-state index >= 15 is 0 Å². The van der Waals surface area contributed by atoms with Crippen LogP contribution in [0.15, 0.2) is 24.3 Å². The number of benzene rings is 1. The predicted octanol–water partition coefficient (Wildman–Crippen LogP) is 1.14. The van der Waals surface area contributed by atoms with Gasteiger partial charge in [0.2, 0.25) is 0 Å². The molecule has 0 radical (unpaired) electrons. The van der Waals surface area contributed by atoms with Gasteiger partial charge < -0.3 is 19.9 Å². The number of hydrogen-bond acceptors (Lipinski definition) is 4. The van der Waals surface area contributed by atoms with Crippen LogP contribution in [0.5, 0.6) is 5.75 Å². The number of aliphatic hydroxyl groups is 1. The maximum atomic E-state index is 11.8. The van der Waals surface area contributed by atoms with E-state index in [1.54, 1.807) is 7.11 Å². The summed E-state index contributed by atoms with van der Waals surface area (Å²) in [5.41, 5.74) is 1.17. The third-order valence-corrected chi connectivity index (χ3v) is 2.89. The molecule has 1 aromatic carbocycles. The number of aliphatic hydroxyl groups excluding tert-OH is 1. The molecule has 0 heterocycles. The van der Waals surface area contributed by atoms with Crippen LogP contribution < -0.4 is 10.1 Å². The summed E-state index contributed by atoms with van der Waals surface area (Å²) in [4.78, 5) is 11.8. The Labute approximate surface area is 119 Å². The number of hydrogen-bond donors (Lipinski definition) is 2. The zero-order valence-corrected chi connectivity index (χ0v) is 12.1. The van der Waals surface area contributed by atoms with Crippen LogP contribution in [0, 0.1) is 0 Å². The molecule has 0 spiro atoms. The molecule has 1 atom stereocenters. The Bertz CT molecular complexity index is 403. The summed E-state index contributed by atoms with van der Waals surface area (Å²) in [6.45, 7) is 2.40. The lowest BCUT2D eigenvalue weighted by Gasteiger charge is -2.17. The van der Waals surface area contributed by atoms with Crippen LogP contribution in [-0.2, 0) is 16.0 Å². The van der Waals surface area contributed by atoms with E-state index in [-0.39, 0.29) is 25.2 Å². The van der Waals surface area contributed by atoms with E-state index < -0.39 is 0 Å². The van der Waals surface area contributed by atoms with Gasteiger partial charge in [-0.1, -0.05) is 19.1 Å². The Hall–Kier alpha value is -1.59. The first kappa shape index (κ1) is 16.5. The minimum atomic E-state index is -0.220. The molecule has 5 nitrogen and oxygen atoms in total. The van der Waals surface area contributed by atoms with Crippen molar-refractivity contribution in [2.75, 3.05) is 26.9 Å². The van der Waals surface area contributed by atoms with Crippen LogP contribution in [0.4, 0.5) is 0 Å². The van der Waals surface area contributed by atoms with Crippen molar-refractivity contribution in [1.82, 2.24) is 5.32 Å². The molecule has 0 saturated carbocycles. The highest BCUT2D eigenvalue weighted by molar-refractivity contribution is 5.77. The number of amides is 1. The molecule has 0 aromatic heterocycles. The van der Waals surface area contributed by atoms with Gasteiger partial charge in [0.15, 0.2) is 6.61 Å². The Morgan fingerprint density at radius 2 is 2.25 bits per heavy atom. The average Bonchev–Trinajstić information content (AvgIpc) is 2.46. The fourth-order valence-corrected chi connectivity index (χ4v) is 1.83. The van der Waals surface area contributed by atoms with Crippen LogP contribution in [0.1, 0.15) is 18.9 Å². The predicted molar refractivity (Wildman–Crippen MR) is 76.8 cm³/mol. The first-order valence-electron chi connectivity index (χ1n) is 6.80. The summed E-state index contributed by atoms with van der Waals surface area (Å²) in [5, 5.41) is 11.7. The molecule has 0 aliphatic carbocycles. The second-order valence-electron chi connectivity index (χ2n) is 4.52. The monoisotopic (exact) mass is 281 g/mol. The second-order valence-corrected chi connectivity index (χ2v) is 4.52. The SMILES string of the molecule is CCc1cccc(OCC(=O)NC(CCO)COC)c1. The van der Waals surface area contributed by atoms with Crippen molar-refractivity contribution < 1.29 is 19.4 Å². The topological polar surface area (TPSA) is 67.8 Å². The normalized spacial score (nSPS) is 11.9. The Morgan fingerprint density at radius 3 is 2.90 bits per heavy atom. The highest BCUT2D eigenvalue weighted by Gasteiger charge is 2.12. The summed E-state index contributed by atoms with van der Waals surface area (Å²) in [6.07, 6.45) is 1.39. The van der Waals surface area contributed by atoms with Crippen molar-refractivity contribution in [3.63, 3.8) is 0 Å². The number of ether oxygens (including phenoxy) is 2. The molecular weight excluding hydrogens is 258 g/mol. The van der Waals surface area contributed by atoms with Crippen molar-refractivity contribution in [1.29, 1.82) is 0 Å². The lowest BCUT2D eigenvalue weighted by molar-refractivity contribution is -0.124. The smallest absolute Gasteiger partial charge is 0.258 e. The largest absolute Gasteiger partial charge is 0.484 e. The zero-order chi connectivity index (χ0) is 14.8. The highest BCUT2D eigenvalue weighted by Crippen LogP contribution is 2.13. The van der Waals surface area contributed by atoms with Crippen LogP contribution in [-0.4, -0.2) is 44.0 Å². The minimum absolute atomic E-state index is 0.00765. The molecule has 112 valence electrons. The number of methoxy groups -OCH3 is 1. The van der Waals surface area contributed by atoms with E-state index in [2.05, 4.69) is 12.2 Å². The lowest BCUT2D eigenvalue weighted by Crippen LogP contribution is -2.41. The van der Waals surface area contributed by atoms with Gasteiger partial charge in [-0.25, -0.2) is 0 Å². The van der Waals surface area contributed by atoms with E-state index in [1.807, 2.05) is 24.3 Å². The van der Waals surface area contributed by atoms with Crippen LogP contribution in [0.2, 0.25) is 0 Å². The number of carbonyl (C=O) groups excluding carboxylic acids is 1. The maximum absolute atomic E-state index is 11.8. The van der Waals surface area contributed by atoms with Gasteiger partial charge in [0.05, 0.1) is 12.6 Å². The molecule has 0 saturated heterocycles. The third-order valence-electron chi connectivity index (χ3n) is 2.89. The fourth-order valence-electron chi connectivity index (χ4n) is 1.83. The van der Waals surface area contributed by atoms with E-state index in [0.29, 0.717) is 18.8 Å². The van der Waals surface area contributed by atoms with Gasteiger partial charge in [-0.15, -0.1) is 0 Å². The third kappa shape index (κ3) is 6.04. The summed E-state index contributed by atoms with van der Waals surface area (Å²) in [7, 11) is 1.56. The van der Waals surface area contributed by atoms with Crippen molar-refractivity contribution in [2.45, 2.75) is 25.8 Å². The number of rotatable bonds is 9. The molecule has 1 unspecified atom stereocenters. The number of nitrogens with one attached hydrogen (secondary N) is 1. The van der Waals surface area contributed by atoms with Gasteiger partial charge in [-0.3, -0.25) is 4.79 Å². The van der Waals surface area contributed by atoms with Crippen LogP contribution in [0.25, 0.3) is 0 Å². The quantitative estimate of drug-likeness (QED) is 0.712. The summed E-state index contributed by atoms with van der Waals surface area (Å²) in [6, 6.07) is 7.48. The molecule has 5 heteroatoms. The average molecular weight is 281 g/mol. The Morgan fingerprint density at radius 1 is 1.45 bits per heavy atom. The van der Waals surface area contributed by atoms with Crippen LogP contribution >= 0.6 is 0 Å². The molecule has 2 N–H and O–H groups in total. The van der Waals surface area contributed by atoms with E-state index in [9.17, 15) is 4.79 Å². The van der Waals surface area contributed by atoms with E-state index in [1.165, 1.54) is 5.56 Å². The molecule has 1 aromatic rings. The first-order valence-corrected chi connectivity index (χ1v) is 6.80. The fraction of sp³-hybridized carbons (Fsp3) is 0.533. The summed E-state index contributed by atoms with van der Waals surface area (Å²) < 4.78 is 10.4. The second kappa shape index (κ2) is 9.34. The lowest BCUT2D eigenvalue weighted by atomic mass is 10.2. The zero-order valence-electron chi connectivity index (χ0n) is 12.1. The molecule has 20 heavy (non-hydrogen) atoms. The van der Waals surface area contributed by atoms with Crippen molar-refractivity contribution in [2.24, 2.45) is 0 Å². The van der Waals surface area contributed by atoms with Crippen LogP contribution in [0.3, 0.4) is 0 Å². The highest BCUT2D eigenvalue weighted by atomic mass is 16.5. The van der Waals surface area contributed by atoms with Gasteiger partial charge >= 0.3 is 0 Å². The van der Waals surface area contributed by atoms with Gasteiger partial charge in [-0.05, 0) is 30.5 Å². The number of carbonyl (C=O) groups is 1. The number of aryl methyl sites for hydroxylation is 1. The first-order chi connectivity index (χ1) is 9.69.